The van der Waals surface area contributed by atoms with E-state index in [1.807, 2.05) is 0 Å². The largest absolute Gasteiger partial charge is 0.329 e. The first kappa shape index (κ1) is 9.54. The molecule has 0 aromatic rings. The van der Waals surface area contributed by atoms with Gasteiger partial charge in [-0.1, -0.05) is 0 Å². The maximum atomic E-state index is 10.3. The summed E-state index contributed by atoms with van der Waals surface area (Å²) in [6.45, 7) is -0.159. The monoisotopic (exact) mass is 166 g/mol. The van der Waals surface area contributed by atoms with E-state index in [0.717, 1.165) is 6.21 Å². The number of hydrogen-bond acceptors (Lipinski definition) is 4. The molecule has 0 spiro atoms. The highest BCUT2D eigenvalue weighted by molar-refractivity contribution is 7.86. The summed E-state index contributed by atoms with van der Waals surface area (Å²) < 4.78 is 29.0. The average molecular weight is 166 g/mol. The molecule has 0 amide bonds. The van der Waals surface area contributed by atoms with Gasteiger partial charge in [0.1, 0.15) is 5.25 Å². The van der Waals surface area contributed by atoms with Gasteiger partial charge in [0.15, 0.2) is 0 Å². The normalized spacial score (nSPS) is 14.6. The minimum absolute atomic E-state index is 0.0324. The van der Waals surface area contributed by atoms with E-state index in [4.69, 9.17) is 15.7 Å². The van der Waals surface area contributed by atoms with Crippen LogP contribution in [0.4, 0.5) is 0 Å². The molecule has 0 aliphatic carbocycles. The minimum atomic E-state index is -4.05. The predicted octanol–water partition coefficient (Wildman–Crippen LogP) is -0.759. The van der Waals surface area contributed by atoms with E-state index in [-0.39, 0.29) is 13.0 Å². The van der Waals surface area contributed by atoms with E-state index in [9.17, 15) is 8.42 Å². The van der Waals surface area contributed by atoms with E-state index in [1.165, 1.54) is 0 Å². The molecule has 0 aliphatic rings. The van der Waals surface area contributed by atoms with Crippen molar-refractivity contribution in [3.8, 4) is 0 Å². The van der Waals surface area contributed by atoms with Crippen molar-refractivity contribution < 1.29 is 13.0 Å². The van der Waals surface area contributed by atoms with Gasteiger partial charge in [0.25, 0.3) is 10.1 Å². The Hall–Kier alpha value is -0.460. The lowest BCUT2D eigenvalue weighted by Crippen LogP contribution is -2.29. The fraction of sp³-hybridized carbons (Fsp3) is 0.750. The molecule has 4 N–H and O–H groups in total. The zero-order chi connectivity index (χ0) is 8.20. The summed E-state index contributed by atoms with van der Waals surface area (Å²) in [5.74, 6) is 0. The molecular formula is C4H10N2O3S. The molecule has 0 heterocycles. The Labute approximate surface area is 59.5 Å². The Morgan fingerprint density at radius 3 is 2.30 bits per heavy atom. The molecule has 0 rings (SSSR count). The van der Waals surface area contributed by atoms with Gasteiger partial charge in [-0.05, 0) is 6.21 Å². The number of rotatable bonds is 4. The maximum absolute atomic E-state index is 10.3. The first-order chi connectivity index (χ1) is 4.52. The zero-order valence-corrected chi connectivity index (χ0v) is 6.13. The third kappa shape index (κ3) is 2.90. The van der Waals surface area contributed by atoms with E-state index >= 15 is 0 Å². The second-order valence-corrected chi connectivity index (χ2v) is 3.51. The lowest BCUT2D eigenvalue weighted by atomic mass is 10.3. The van der Waals surface area contributed by atoms with Crippen LogP contribution in [-0.2, 0) is 10.1 Å². The Kier molecular flexibility index (Phi) is 3.48. The Morgan fingerprint density at radius 2 is 2.20 bits per heavy atom. The van der Waals surface area contributed by atoms with Crippen molar-refractivity contribution in [1.82, 2.24) is 0 Å². The highest BCUT2D eigenvalue weighted by atomic mass is 32.2. The maximum Gasteiger partial charge on any atom is 0.269 e. The van der Waals surface area contributed by atoms with Crippen molar-refractivity contribution in [3.05, 3.63) is 0 Å². The highest BCUT2D eigenvalue weighted by Gasteiger charge is 2.19. The summed E-state index contributed by atoms with van der Waals surface area (Å²) in [4.78, 5) is 0. The number of nitrogens with two attached hydrogens (primary N) is 1. The molecule has 0 aromatic heterocycles. The molecule has 10 heavy (non-hydrogen) atoms. The molecule has 0 saturated carbocycles. The van der Waals surface area contributed by atoms with Crippen molar-refractivity contribution in [2.24, 2.45) is 5.73 Å². The topological polar surface area (TPSA) is 104 Å². The molecule has 1 unspecified atom stereocenters. The van der Waals surface area contributed by atoms with E-state index in [2.05, 4.69) is 0 Å². The van der Waals surface area contributed by atoms with E-state index in [0.29, 0.717) is 0 Å². The summed E-state index contributed by atoms with van der Waals surface area (Å²) in [6, 6.07) is 0. The van der Waals surface area contributed by atoms with Crippen molar-refractivity contribution in [2.45, 2.75) is 11.7 Å². The standard InChI is InChI=1S/C4H10N2O3S/c5-2-1-4(3-6)10(7,8)9/h2,4-5H,1,3,6H2,(H,7,8,9). The lowest BCUT2D eigenvalue weighted by molar-refractivity contribution is 0.468. The van der Waals surface area contributed by atoms with Crippen LogP contribution in [0.3, 0.4) is 0 Å². The van der Waals surface area contributed by atoms with Gasteiger partial charge in [0.05, 0.1) is 0 Å². The third-order valence-corrected chi connectivity index (χ3v) is 2.29. The Balaban J connectivity index is 4.22. The average Bonchev–Trinajstić information content (AvgIpc) is 1.80. The van der Waals surface area contributed by atoms with Gasteiger partial charge in [0.2, 0.25) is 0 Å². The van der Waals surface area contributed by atoms with Gasteiger partial charge in [-0.3, -0.25) is 4.55 Å². The first-order valence-electron chi connectivity index (χ1n) is 2.67. The Bertz CT molecular complexity index is 199. The van der Waals surface area contributed by atoms with Crippen molar-refractivity contribution in [2.75, 3.05) is 6.54 Å². The highest BCUT2D eigenvalue weighted by Crippen LogP contribution is 1.99. The van der Waals surface area contributed by atoms with Gasteiger partial charge >= 0.3 is 0 Å². The smallest absolute Gasteiger partial charge is 0.269 e. The molecule has 0 radical (unpaired) electrons. The lowest BCUT2D eigenvalue weighted by Gasteiger charge is -2.06. The second kappa shape index (κ2) is 3.65. The molecule has 1 atom stereocenters. The fourth-order valence-electron chi connectivity index (χ4n) is 0.471. The quantitative estimate of drug-likeness (QED) is 0.377. The van der Waals surface area contributed by atoms with Crippen LogP contribution < -0.4 is 5.73 Å². The summed E-state index contributed by atoms with van der Waals surface area (Å²) in [7, 11) is -4.05. The molecule has 0 aliphatic heterocycles. The fourth-order valence-corrected chi connectivity index (χ4v) is 1.05. The number of nitrogens with one attached hydrogen (secondary N) is 1. The van der Waals surface area contributed by atoms with Gasteiger partial charge in [-0.15, -0.1) is 0 Å². The Morgan fingerprint density at radius 1 is 1.70 bits per heavy atom. The zero-order valence-electron chi connectivity index (χ0n) is 5.32. The summed E-state index contributed by atoms with van der Waals surface area (Å²) in [6.07, 6.45) is 0.876. The van der Waals surface area contributed by atoms with Crippen molar-refractivity contribution in [1.29, 1.82) is 5.41 Å². The molecule has 60 valence electrons. The second-order valence-electron chi connectivity index (χ2n) is 1.81. The van der Waals surface area contributed by atoms with Crippen molar-refractivity contribution >= 4 is 16.3 Å². The van der Waals surface area contributed by atoms with Gasteiger partial charge in [-0.2, -0.15) is 8.42 Å². The van der Waals surface area contributed by atoms with E-state index < -0.39 is 15.4 Å². The van der Waals surface area contributed by atoms with Crippen LogP contribution in [0.1, 0.15) is 6.42 Å². The van der Waals surface area contributed by atoms with Crippen molar-refractivity contribution in [3.63, 3.8) is 0 Å². The van der Waals surface area contributed by atoms with Gasteiger partial charge in [0, 0.05) is 13.0 Å². The van der Waals surface area contributed by atoms with Crippen LogP contribution in [0.5, 0.6) is 0 Å². The third-order valence-electron chi connectivity index (χ3n) is 1.06. The van der Waals surface area contributed by atoms with E-state index in [1.54, 1.807) is 0 Å². The SMILES string of the molecule is N=CCC(CN)S(=O)(=O)O. The molecule has 0 aromatic carbocycles. The van der Waals surface area contributed by atoms with Crippen LogP contribution in [0, 0.1) is 5.41 Å². The van der Waals surface area contributed by atoms with Gasteiger partial charge in [-0.25, -0.2) is 0 Å². The molecule has 0 saturated heterocycles. The summed E-state index contributed by atoms with van der Waals surface area (Å²) in [5, 5.41) is 5.54. The van der Waals surface area contributed by atoms with Crippen LogP contribution >= 0.6 is 0 Å². The summed E-state index contributed by atoms with van der Waals surface area (Å²) >= 11 is 0. The van der Waals surface area contributed by atoms with Crippen LogP contribution in [-0.4, -0.2) is 31.0 Å². The molecule has 5 nitrogen and oxygen atoms in total. The van der Waals surface area contributed by atoms with Crippen LogP contribution in [0.15, 0.2) is 0 Å². The first-order valence-corrected chi connectivity index (χ1v) is 4.18. The van der Waals surface area contributed by atoms with Crippen LogP contribution in [0.25, 0.3) is 0 Å². The van der Waals surface area contributed by atoms with Gasteiger partial charge < -0.3 is 11.1 Å². The molecule has 6 heteroatoms. The summed E-state index contributed by atoms with van der Waals surface area (Å²) in [5.41, 5.74) is 5.00. The molecular weight excluding hydrogens is 156 g/mol. The molecule has 0 bridgehead atoms. The number of hydrogen-bond donors (Lipinski definition) is 3. The van der Waals surface area contributed by atoms with Crippen LogP contribution in [0.2, 0.25) is 0 Å². The minimum Gasteiger partial charge on any atom is -0.329 e. The predicted molar refractivity (Wildman–Crippen MR) is 37.8 cm³/mol. The molecule has 0 fully saturated rings.